The fourth-order valence-electron chi connectivity index (χ4n) is 1.61. The molecule has 0 aromatic rings. The third kappa shape index (κ3) is 4.43. The van der Waals surface area contributed by atoms with Crippen LogP contribution < -0.4 is 5.32 Å². The highest BCUT2D eigenvalue weighted by Crippen LogP contribution is 2.33. The fraction of sp³-hybridized carbons (Fsp3) is 1.00. The van der Waals surface area contributed by atoms with Crippen LogP contribution in [-0.2, 0) is 0 Å². The zero-order valence-electron chi connectivity index (χ0n) is 9.68. The molecule has 0 saturated heterocycles. The summed E-state index contributed by atoms with van der Waals surface area (Å²) < 4.78 is 0. The molecular weight excluding hydrogens is 174 g/mol. The van der Waals surface area contributed by atoms with E-state index in [1.54, 1.807) is 0 Å². The van der Waals surface area contributed by atoms with Gasteiger partial charge in [-0.15, -0.1) is 0 Å². The lowest BCUT2D eigenvalue weighted by atomic mass is 9.88. The van der Waals surface area contributed by atoms with Crippen molar-refractivity contribution < 1.29 is 5.11 Å². The van der Waals surface area contributed by atoms with E-state index in [1.165, 1.54) is 25.7 Å². The molecule has 1 rings (SSSR count). The van der Waals surface area contributed by atoms with Crippen LogP contribution in [0.2, 0.25) is 0 Å². The first-order valence-corrected chi connectivity index (χ1v) is 6.02. The first-order chi connectivity index (χ1) is 6.70. The van der Waals surface area contributed by atoms with E-state index in [-0.39, 0.29) is 5.41 Å². The summed E-state index contributed by atoms with van der Waals surface area (Å²) in [4.78, 5) is 0. The molecule has 0 aliphatic heterocycles. The number of nitrogens with one attached hydrogen (secondary N) is 1. The van der Waals surface area contributed by atoms with Gasteiger partial charge in [0.05, 0.1) is 0 Å². The lowest BCUT2D eigenvalue weighted by molar-refractivity contribution is 0.135. The van der Waals surface area contributed by atoms with Gasteiger partial charge in [0, 0.05) is 18.6 Å². The second-order valence-corrected chi connectivity index (χ2v) is 5.08. The zero-order chi connectivity index (χ0) is 10.4. The average Bonchev–Trinajstić information content (AvgIpc) is 3.01. The summed E-state index contributed by atoms with van der Waals surface area (Å²) in [5, 5.41) is 12.7. The highest BCUT2D eigenvalue weighted by molar-refractivity contribution is 4.75. The lowest BCUT2D eigenvalue weighted by Gasteiger charge is -2.25. The molecule has 0 heterocycles. The van der Waals surface area contributed by atoms with Gasteiger partial charge in [-0.1, -0.05) is 26.7 Å². The van der Waals surface area contributed by atoms with Crippen LogP contribution in [0.5, 0.6) is 0 Å². The standard InChI is InChI=1S/C12H25NO/c1-3-12(2,10-14)9-13-8-4-5-11-6-7-11/h11,13-14H,3-10H2,1-2H3. The van der Waals surface area contributed by atoms with Crippen molar-refractivity contribution in [1.82, 2.24) is 5.32 Å². The Morgan fingerprint density at radius 2 is 2.14 bits per heavy atom. The maximum absolute atomic E-state index is 9.20. The van der Waals surface area contributed by atoms with E-state index >= 15 is 0 Å². The molecular formula is C12H25NO. The molecule has 0 aromatic carbocycles. The minimum absolute atomic E-state index is 0.0829. The summed E-state index contributed by atoms with van der Waals surface area (Å²) in [5.74, 6) is 1.05. The monoisotopic (exact) mass is 199 g/mol. The Hall–Kier alpha value is -0.0800. The molecule has 1 aliphatic carbocycles. The topological polar surface area (TPSA) is 32.3 Å². The highest BCUT2D eigenvalue weighted by atomic mass is 16.3. The Labute approximate surface area is 88.1 Å². The third-order valence-corrected chi connectivity index (χ3v) is 3.45. The molecule has 2 N–H and O–H groups in total. The van der Waals surface area contributed by atoms with Crippen LogP contribution in [0.25, 0.3) is 0 Å². The van der Waals surface area contributed by atoms with Gasteiger partial charge in [-0.3, -0.25) is 0 Å². The van der Waals surface area contributed by atoms with Gasteiger partial charge >= 0.3 is 0 Å². The van der Waals surface area contributed by atoms with Gasteiger partial charge in [-0.05, 0) is 31.7 Å². The summed E-state index contributed by atoms with van der Waals surface area (Å²) in [6.07, 6.45) is 6.66. The molecule has 1 fully saturated rings. The third-order valence-electron chi connectivity index (χ3n) is 3.45. The first kappa shape index (κ1) is 12.0. The van der Waals surface area contributed by atoms with E-state index in [2.05, 4.69) is 19.2 Å². The van der Waals surface area contributed by atoms with Crippen molar-refractivity contribution in [3.63, 3.8) is 0 Å². The van der Waals surface area contributed by atoms with Crippen molar-refractivity contribution in [2.75, 3.05) is 19.7 Å². The minimum atomic E-state index is 0.0829. The summed E-state index contributed by atoms with van der Waals surface area (Å²) in [5.41, 5.74) is 0.0829. The predicted molar refractivity (Wildman–Crippen MR) is 60.3 cm³/mol. The van der Waals surface area contributed by atoms with E-state index in [9.17, 15) is 5.11 Å². The Bertz CT molecular complexity index is 150. The van der Waals surface area contributed by atoms with Crippen LogP contribution in [0.4, 0.5) is 0 Å². The van der Waals surface area contributed by atoms with E-state index < -0.39 is 0 Å². The lowest BCUT2D eigenvalue weighted by Crippen LogP contribution is -2.34. The second kappa shape index (κ2) is 5.72. The van der Waals surface area contributed by atoms with Gasteiger partial charge in [0.15, 0.2) is 0 Å². The Morgan fingerprint density at radius 1 is 1.43 bits per heavy atom. The SMILES string of the molecule is CCC(C)(CO)CNCCCC1CC1. The molecule has 84 valence electrons. The van der Waals surface area contributed by atoms with Crippen molar-refractivity contribution >= 4 is 0 Å². The van der Waals surface area contributed by atoms with Crippen LogP contribution in [0, 0.1) is 11.3 Å². The van der Waals surface area contributed by atoms with E-state index in [4.69, 9.17) is 0 Å². The molecule has 1 aliphatic rings. The van der Waals surface area contributed by atoms with Crippen molar-refractivity contribution in [2.24, 2.45) is 11.3 Å². The average molecular weight is 199 g/mol. The van der Waals surface area contributed by atoms with Gasteiger partial charge < -0.3 is 10.4 Å². The molecule has 0 radical (unpaired) electrons. The molecule has 1 saturated carbocycles. The summed E-state index contributed by atoms with van der Waals surface area (Å²) in [7, 11) is 0. The molecule has 2 nitrogen and oxygen atoms in total. The first-order valence-electron chi connectivity index (χ1n) is 6.02. The quantitative estimate of drug-likeness (QED) is 0.587. The smallest absolute Gasteiger partial charge is 0.0496 e. The largest absolute Gasteiger partial charge is 0.396 e. The maximum atomic E-state index is 9.20. The van der Waals surface area contributed by atoms with Crippen molar-refractivity contribution in [3.05, 3.63) is 0 Å². The van der Waals surface area contributed by atoms with Gasteiger partial charge in [0.25, 0.3) is 0 Å². The Kier molecular flexibility index (Phi) is 4.90. The predicted octanol–water partition coefficient (Wildman–Crippen LogP) is 2.17. The maximum Gasteiger partial charge on any atom is 0.0496 e. The fourth-order valence-corrected chi connectivity index (χ4v) is 1.61. The Balaban J connectivity index is 1.95. The highest BCUT2D eigenvalue weighted by Gasteiger charge is 2.21. The van der Waals surface area contributed by atoms with Crippen LogP contribution in [-0.4, -0.2) is 24.8 Å². The normalized spacial score (nSPS) is 20.8. The van der Waals surface area contributed by atoms with Crippen LogP contribution in [0.1, 0.15) is 46.0 Å². The molecule has 0 amide bonds. The van der Waals surface area contributed by atoms with Gasteiger partial charge in [-0.2, -0.15) is 0 Å². The molecule has 1 atom stereocenters. The zero-order valence-corrected chi connectivity index (χ0v) is 9.68. The summed E-state index contributed by atoms with van der Waals surface area (Å²) in [6.45, 7) is 6.64. The molecule has 1 unspecified atom stereocenters. The van der Waals surface area contributed by atoms with Crippen molar-refractivity contribution in [1.29, 1.82) is 0 Å². The molecule has 14 heavy (non-hydrogen) atoms. The minimum Gasteiger partial charge on any atom is -0.396 e. The number of rotatable bonds is 8. The van der Waals surface area contributed by atoms with E-state index in [0.717, 1.165) is 25.4 Å². The number of hydrogen-bond acceptors (Lipinski definition) is 2. The van der Waals surface area contributed by atoms with Crippen molar-refractivity contribution in [3.8, 4) is 0 Å². The molecule has 0 bridgehead atoms. The van der Waals surface area contributed by atoms with Crippen LogP contribution in [0.15, 0.2) is 0 Å². The number of aliphatic hydroxyl groups excluding tert-OH is 1. The van der Waals surface area contributed by atoms with Gasteiger partial charge in [-0.25, -0.2) is 0 Å². The second-order valence-electron chi connectivity index (χ2n) is 5.08. The van der Waals surface area contributed by atoms with Crippen LogP contribution >= 0.6 is 0 Å². The van der Waals surface area contributed by atoms with Crippen LogP contribution in [0.3, 0.4) is 0 Å². The molecule has 0 aromatic heterocycles. The number of hydrogen-bond donors (Lipinski definition) is 2. The number of aliphatic hydroxyl groups is 1. The van der Waals surface area contributed by atoms with Gasteiger partial charge in [0.1, 0.15) is 0 Å². The van der Waals surface area contributed by atoms with E-state index in [1.807, 2.05) is 0 Å². The summed E-state index contributed by atoms with van der Waals surface area (Å²) in [6, 6.07) is 0. The molecule has 2 heteroatoms. The van der Waals surface area contributed by atoms with Gasteiger partial charge in [0.2, 0.25) is 0 Å². The Morgan fingerprint density at radius 3 is 2.64 bits per heavy atom. The van der Waals surface area contributed by atoms with E-state index in [0.29, 0.717) is 6.61 Å². The summed E-state index contributed by atoms with van der Waals surface area (Å²) >= 11 is 0. The molecule has 0 spiro atoms. The van der Waals surface area contributed by atoms with Crippen molar-refractivity contribution in [2.45, 2.75) is 46.0 Å².